The van der Waals surface area contributed by atoms with Crippen molar-refractivity contribution in [1.82, 2.24) is 14.9 Å². The molecule has 0 bridgehead atoms. The third-order valence-corrected chi connectivity index (χ3v) is 4.48. The molecule has 0 atom stereocenters. The lowest BCUT2D eigenvalue weighted by Crippen LogP contribution is -2.31. The van der Waals surface area contributed by atoms with Crippen molar-refractivity contribution in [3.8, 4) is 0 Å². The molecule has 0 unspecified atom stereocenters. The summed E-state index contributed by atoms with van der Waals surface area (Å²) in [5, 5.41) is 3.66. The molecule has 0 radical (unpaired) electrons. The molecule has 3 nitrogen and oxygen atoms in total. The predicted molar refractivity (Wildman–Crippen MR) is 75.4 cm³/mol. The topological polar surface area (TPSA) is 29.9 Å². The van der Waals surface area contributed by atoms with Crippen LogP contribution in [0.1, 0.15) is 58.1 Å². The molecule has 0 amide bonds. The Morgan fingerprint density at radius 3 is 2.78 bits per heavy atom. The summed E-state index contributed by atoms with van der Waals surface area (Å²) in [6, 6.07) is 0. The van der Waals surface area contributed by atoms with Crippen LogP contribution in [-0.2, 0) is 13.1 Å². The van der Waals surface area contributed by atoms with E-state index in [1.807, 2.05) is 12.5 Å². The van der Waals surface area contributed by atoms with Crippen LogP contribution in [0.15, 0.2) is 12.5 Å². The number of hydrogen-bond acceptors (Lipinski definition) is 2. The lowest BCUT2D eigenvalue weighted by atomic mass is 9.83. The number of nitrogens with zero attached hydrogens (tertiary/aromatic N) is 2. The zero-order chi connectivity index (χ0) is 12.8. The number of aryl methyl sites for hydroxylation is 1. The summed E-state index contributed by atoms with van der Waals surface area (Å²) >= 11 is 0. The Morgan fingerprint density at radius 1 is 1.33 bits per heavy atom. The van der Waals surface area contributed by atoms with Crippen molar-refractivity contribution in [2.24, 2.45) is 5.41 Å². The molecule has 2 rings (SSSR count). The molecule has 1 aliphatic carbocycles. The summed E-state index contributed by atoms with van der Waals surface area (Å²) in [5.74, 6) is 0. The summed E-state index contributed by atoms with van der Waals surface area (Å²) in [4.78, 5) is 4.25. The van der Waals surface area contributed by atoms with E-state index in [1.165, 1.54) is 50.8 Å². The highest BCUT2D eigenvalue weighted by Crippen LogP contribution is 2.40. The maximum absolute atomic E-state index is 4.25. The lowest BCUT2D eigenvalue weighted by Gasteiger charge is -2.27. The van der Waals surface area contributed by atoms with Gasteiger partial charge in [0.05, 0.1) is 12.0 Å². The molecular weight excluding hydrogens is 222 g/mol. The average molecular weight is 249 g/mol. The molecule has 1 saturated carbocycles. The predicted octanol–water partition coefficient (Wildman–Crippen LogP) is 3.35. The van der Waals surface area contributed by atoms with Gasteiger partial charge in [-0.1, -0.05) is 26.7 Å². The van der Waals surface area contributed by atoms with E-state index in [2.05, 4.69) is 28.7 Å². The number of imidazole rings is 1. The fourth-order valence-electron chi connectivity index (χ4n) is 3.17. The second-order valence-corrected chi connectivity index (χ2v) is 5.74. The number of hydrogen-bond donors (Lipinski definition) is 1. The first-order chi connectivity index (χ1) is 8.79. The molecule has 1 heterocycles. The Morgan fingerprint density at radius 2 is 2.11 bits per heavy atom. The van der Waals surface area contributed by atoms with Gasteiger partial charge in [0, 0.05) is 25.8 Å². The third-order valence-electron chi connectivity index (χ3n) is 4.48. The quantitative estimate of drug-likeness (QED) is 0.803. The monoisotopic (exact) mass is 249 g/mol. The van der Waals surface area contributed by atoms with Crippen molar-refractivity contribution in [2.45, 2.75) is 65.5 Å². The second-order valence-electron chi connectivity index (χ2n) is 5.74. The summed E-state index contributed by atoms with van der Waals surface area (Å²) in [6.45, 7) is 7.76. The molecule has 102 valence electrons. The Kier molecular flexibility index (Phi) is 4.81. The van der Waals surface area contributed by atoms with Crippen LogP contribution in [0, 0.1) is 5.41 Å². The first-order valence-corrected chi connectivity index (χ1v) is 7.49. The van der Waals surface area contributed by atoms with Crippen molar-refractivity contribution in [1.29, 1.82) is 0 Å². The zero-order valence-electron chi connectivity index (χ0n) is 11.9. The summed E-state index contributed by atoms with van der Waals surface area (Å²) in [6.07, 6.45) is 12.1. The van der Waals surface area contributed by atoms with Crippen LogP contribution in [0.5, 0.6) is 0 Å². The van der Waals surface area contributed by atoms with Crippen molar-refractivity contribution >= 4 is 0 Å². The maximum atomic E-state index is 4.25. The number of rotatable bonds is 7. The highest BCUT2D eigenvalue weighted by atomic mass is 15.1. The van der Waals surface area contributed by atoms with Gasteiger partial charge in [-0.3, -0.25) is 0 Å². The van der Waals surface area contributed by atoms with E-state index in [0.717, 1.165) is 13.1 Å². The van der Waals surface area contributed by atoms with Gasteiger partial charge in [0.25, 0.3) is 0 Å². The zero-order valence-corrected chi connectivity index (χ0v) is 11.9. The van der Waals surface area contributed by atoms with Gasteiger partial charge in [0.15, 0.2) is 0 Å². The van der Waals surface area contributed by atoms with E-state index in [0.29, 0.717) is 5.41 Å². The maximum Gasteiger partial charge on any atom is 0.0948 e. The summed E-state index contributed by atoms with van der Waals surface area (Å²) in [7, 11) is 0. The van der Waals surface area contributed by atoms with Crippen LogP contribution in [-0.4, -0.2) is 16.1 Å². The van der Waals surface area contributed by atoms with Crippen LogP contribution in [0.25, 0.3) is 0 Å². The standard InChI is InChI=1S/C15H27N3/c1-3-9-18-13-17-11-14(18)10-16-12-15(4-2)7-5-6-8-15/h11,13,16H,3-10,12H2,1-2H3. The Balaban J connectivity index is 1.82. The fraction of sp³-hybridized carbons (Fsp3) is 0.800. The Bertz CT molecular complexity index is 350. The summed E-state index contributed by atoms with van der Waals surface area (Å²) in [5.41, 5.74) is 1.90. The van der Waals surface area contributed by atoms with Gasteiger partial charge >= 0.3 is 0 Å². The van der Waals surface area contributed by atoms with Gasteiger partial charge in [0.2, 0.25) is 0 Å². The first kappa shape index (κ1) is 13.6. The molecule has 1 aromatic rings. The molecule has 3 heteroatoms. The largest absolute Gasteiger partial charge is 0.333 e. The van der Waals surface area contributed by atoms with Gasteiger partial charge < -0.3 is 9.88 Å². The Labute approximate surface area is 111 Å². The normalized spacial score (nSPS) is 18.3. The highest BCUT2D eigenvalue weighted by molar-refractivity contribution is 4.98. The molecular formula is C15H27N3. The SMILES string of the molecule is CCCn1cncc1CNCC1(CC)CCCC1. The molecule has 0 aliphatic heterocycles. The van der Waals surface area contributed by atoms with Crippen molar-refractivity contribution in [3.05, 3.63) is 18.2 Å². The fourth-order valence-corrected chi connectivity index (χ4v) is 3.17. The molecule has 0 saturated heterocycles. The van der Waals surface area contributed by atoms with E-state index in [1.54, 1.807) is 0 Å². The minimum absolute atomic E-state index is 0.579. The van der Waals surface area contributed by atoms with E-state index >= 15 is 0 Å². The van der Waals surface area contributed by atoms with Crippen molar-refractivity contribution in [2.75, 3.05) is 6.54 Å². The average Bonchev–Trinajstić information content (AvgIpc) is 3.01. The summed E-state index contributed by atoms with van der Waals surface area (Å²) < 4.78 is 2.26. The van der Waals surface area contributed by atoms with Crippen molar-refractivity contribution < 1.29 is 0 Å². The number of nitrogens with one attached hydrogen (secondary N) is 1. The van der Waals surface area contributed by atoms with E-state index in [9.17, 15) is 0 Å². The van der Waals surface area contributed by atoms with Gasteiger partial charge in [-0.05, 0) is 31.1 Å². The molecule has 1 N–H and O–H groups in total. The van der Waals surface area contributed by atoms with Crippen LogP contribution in [0.3, 0.4) is 0 Å². The van der Waals surface area contributed by atoms with Crippen LogP contribution in [0.2, 0.25) is 0 Å². The van der Waals surface area contributed by atoms with Crippen LogP contribution >= 0.6 is 0 Å². The van der Waals surface area contributed by atoms with E-state index in [-0.39, 0.29) is 0 Å². The minimum Gasteiger partial charge on any atom is -0.333 e. The molecule has 0 aromatic carbocycles. The van der Waals surface area contributed by atoms with Crippen LogP contribution < -0.4 is 5.32 Å². The van der Waals surface area contributed by atoms with E-state index in [4.69, 9.17) is 0 Å². The minimum atomic E-state index is 0.579. The van der Waals surface area contributed by atoms with Crippen LogP contribution in [0.4, 0.5) is 0 Å². The lowest BCUT2D eigenvalue weighted by molar-refractivity contribution is 0.267. The molecule has 0 spiro atoms. The second kappa shape index (κ2) is 6.37. The molecule has 1 aromatic heterocycles. The highest BCUT2D eigenvalue weighted by Gasteiger charge is 2.31. The van der Waals surface area contributed by atoms with Gasteiger partial charge in [-0.2, -0.15) is 0 Å². The first-order valence-electron chi connectivity index (χ1n) is 7.49. The Hall–Kier alpha value is -0.830. The smallest absolute Gasteiger partial charge is 0.0948 e. The van der Waals surface area contributed by atoms with E-state index < -0.39 is 0 Å². The van der Waals surface area contributed by atoms with Crippen molar-refractivity contribution in [3.63, 3.8) is 0 Å². The third kappa shape index (κ3) is 3.14. The van der Waals surface area contributed by atoms with Gasteiger partial charge in [-0.15, -0.1) is 0 Å². The van der Waals surface area contributed by atoms with Gasteiger partial charge in [0.1, 0.15) is 0 Å². The van der Waals surface area contributed by atoms with Gasteiger partial charge in [-0.25, -0.2) is 4.98 Å². The number of aromatic nitrogens is 2. The molecule has 1 aliphatic rings. The molecule has 1 fully saturated rings. The molecule has 18 heavy (non-hydrogen) atoms.